The first-order valence-corrected chi connectivity index (χ1v) is 4.40. The molecule has 0 atom stereocenters. The lowest BCUT2D eigenvalue weighted by molar-refractivity contribution is 0.0502. The van der Waals surface area contributed by atoms with Gasteiger partial charge in [0.15, 0.2) is 0 Å². The maximum atomic E-state index is 9.26. The summed E-state index contributed by atoms with van der Waals surface area (Å²) >= 11 is 0. The van der Waals surface area contributed by atoms with Gasteiger partial charge in [-0.15, -0.1) is 0 Å². The number of hydrogen-bond donors (Lipinski definition) is 1. The number of aliphatic hydroxyl groups excluding tert-OH is 1. The number of rotatable bonds is 1. The highest BCUT2D eigenvalue weighted by molar-refractivity contribution is 5.02. The van der Waals surface area contributed by atoms with E-state index < -0.39 is 0 Å². The summed E-state index contributed by atoms with van der Waals surface area (Å²) in [6.07, 6.45) is 1.44. The quantitative estimate of drug-likeness (QED) is 0.628. The zero-order valence-electron chi connectivity index (χ0n) is 7.75. The van der Waals surface area contributed by atoms with Crippen LogP contribution in [0, 0.1) is 11.3 Å². The predicted molar refractivity (Wildman–Crippen MR) is 46.5 cm³/mol. The van der Waals surface area contributed by atoms with Crippen LogP contribution < -0.4 is 0 Å². The Balaban J connectivity index is 2.51. The molecule has 0 aromatic carbocycles. The minimum atomic E-state index is -0.375. The van der Waals surface area contributed by atoms with Gasteiger partial charge in [-0.25, -0.2) is 0 Å². The molecule has 68 valence electrons. The molecule has 12 heavy (non-hydrogen) atoms. The van der Waals surface area contributed by atoms with Gasteiger partial charge in [0.1, 0.15) is 5.54 Å². The van der Waals surface area contributed by atoms with E-state index >= 15 is 0 Å². The van der Waals surface area contributed by atoms with Crippen LogP contribution in [-0.4, -0.2) is 34.7 Å². The predicted octanol–water partition coefficient (Wildman–Crippen LogP) is 0.745. The van der Waals surface area contributed by atoms with E-state index in [0.717, 1.165) is 25.9 Å². The molecular formula is C9H16N2O. The van der Waals surface area contributed by atoms with Crippen molar-refractivity contribution in [2.75, 3.05) is 13.1 Å². The summed E-state index contributed by atoms with van der Waals surface area (Å²) in [7, 11) is 0. The molecule has 1 aliphatic rings. The van der Waals surface area contributed by atoms with Gasteiger partial charge in [0.05, 0.1) is 12.2 Å². The van der Waals surface area contributed by atoms with Crippen LogP contribution in [-0.2, 0) is 0 Å². The third-order valence-electron chi connectivity index (χ3n) is 2.53. The fourth-order valence-corrected chi connectivity index (χ4v) is 1.50. The first-order valence-electron chi connectivity index (χ1n) is 4.40. The lowest BCUT2D eigenvalue weighted by Gasteiger charge is -2.37. The average molecular weight is 168 g/mol. The Kier molecular flexibility index (Phi) is 2.71. The molecule has 1 fully saturated rings. The molecule has 0 aromatic rings. The second-order valence-corrected chi connectivity index (χ2v) is 3.89. The van der Waals surface area contributed by atoms with Crippen molar-refractivity contribution in [2.45, 2.75) is 38.3 Å². The molecule has 1 heterocycles. The molecule has 3 nitrogen and oxygen atoms in total. The molecule has 0 saturated carbocycles. The van der Waals surface area contributed by atoms with E-state index in [0.29, 0.717) is 0 Å². The summed E-state index contributed by atoms with van der Waals surface area (Å²) < 4.78 is 0. The van der Waals surface area contributed by atoms with Crippen molar-refractivity contribution in [2.24, 2.45) is 0 Å². The van der Waals surface area contributed by atoms with Crippen LogP contribution in [0.4, 0.5) is 0 Å². The summed E-state index contributed by atoms with van der Waals surface area (Å²) in [6.45, 7) is 5.51. The number of piperidine rings is 1. The van der Waals surface area contributed by atoms with Crippen molar-refractivity contribution < 1.29 is 5.11 Å². The van der Waals surface area contributed by atoms with Gasteiger partial charge < -0.3 is 5.11 Å². The molecular weight excluding hydrogens is 152 g/mol. The molecule has 0 spiro atoms. The lowest BCUT2D eigenvalue weighted by Crippen LogP contribution is -2.48. The van der Waals surface area contributed by atoms with Crippen LogP contribution in [0.25, 0.3) is 0 Å². The van der Waals surface area contributed by atoms with Gasteiger partial charge in [0, 0.05) is 13.1 Å². The van der Waals surface area contributed by atoms with Crippen LogP contribution in [0.2, 0.25) is 0 Å². The summed E-state index contributed by atoms with van der Waals surface area (Å²) in [5.41, 5.74) is -0.375. The van der Waals surface area contributed by atoms with Crippen LogP contribution in [0.1, 0.15) is 26.7 Å². The summed E-state index contributed by atoms with van der Waals surface area (Å²) in [6, 6.07) is 2.27. The molecule has 0 bridgehead atoms. The molecule has 1 saturated heterocycles. The third-order valence-corrected chi connectivity index (χ3v) is 2.53. The van der Waals surface area contributed by atoms with E-state index in [2.05, 4.69) is 11.0 Å². The topological polar surface area (TPSA) is 47.3 Å². The zero-order valence-corrected chi connectivity index (χ0v) is 7.75. The zero-order chi connectivity index (χ0) is 9.19. The molecule has 0 amide bonds. The second kappa shape index (κ2) is 3.42. The highest BCUT2D eigenvalue weighted by Gasteiger charge is 2.29. The van der Waals surface area contributed by atoms with E-state index in [1.54, 1.807) is 0 Å². The number of hydrogen-bond acceptors (Lipinski definition) is 3. The SMILES string of the molecule is CC(C)(C#N)N1CCC(O)CC1. The Labute approximate surface area is 73.6 Å². The third kappa shape index (κ3) is 1.96. The highest BCUT2D eigenvalue weighted by atomic mass is 16.3. The largest absolute Gasteiger partial charge is 0.393 e. The minimum absolute atomic E-state index is 0.157. The second-order valence-electron chi connectivity index (χ2n) is 3.89. The van der Waals surface area contributed by atoms with Gasteiger partial charge in [-0.3, -0.25) is 4.90 Å². The van der Waals surface area contributed by atoms with Crippen molar-refractivity contribution in [3.05, 3.63) is 0 Å². The van der Waals surface area contributed by atoms with Gasteiger partial charge >= 0.3 is 0 Å². The summed E-state index contributed by atoms with van der Waals surface area (Å²) in [5, 5.41) is 18.1. The van der Waals surface area contributed by atoms with E-state index in [4.69, 9.17) is 5.26 Å². The number of nitriles is 1. The van der Waals surface area contributed by atoms with Gasteiger partial charge in [-0.2, -0.15) is 5.26 Å². The Bertz CT molecular complexity index is 187. The molecule has 1 aliphatic heterocycles. The molecule has 0 radical (unpaired) electrons. The fraction of sp³-hybridized carbons (Fsp3) is 0.889. The monoisotopic (exact) mass is 168 g/mol. The molecule has 3 heteroatoms. The minimum Gasteiger partial charge on any atom is -0.393 e. The molecule has 0 aliphatic carbocycles. The summed E-state index contributed by atoms with van der Waals surface area (Å²) in [4.78, 5) is 2.12. The number of likely N-dealkylation sites (tertiary alicyclic amines) is 1. The maximum Gasteiger partial charge on any atom is 0.103 e. The Morgan fingerprint density at radius 3 is 2.33 bits per heavy atom. The first kappa shape index (κ1) is 9.50. The van der Waals surface area contributed by atoms with Crippen molar-refractivity contribution in [1.29, 1.82) is 5.26 Å². The number of aliphatic hydroxyl groups is 1. The molecule has 0 aromatic heterocycles. The van der Waals surface area contributed by atoms with Crippen molar-refractivity contribution in [3.8, 4) is 6.07 Å². The van der Waals surface area contributed by atoms with Crippen LogP contribution in [0.5, 0.6) is 0 Å². The molecule has 1 rings (SSSR count). The van der Waals surface area contributed by atoms with E-state index in [9.17, 15) is 5.11 Å². The Morgan fingerprint density at radius 1 is 1.42 bits per heavy atom. The van der Waals surface area contributed by atoms with Crippen molar-refractivity contribution in [3.63, 3.8) is 0 Å². The van der Waals surface area contributed by atoms with E-state index in [1.165, 1.54) is 0 Å². The average Bonchev–Trinajstić information content (AvgIpc) is 2.05. The number of nitrogens with zero attached hydrogens (tertiary/aromatic N) is 2. The Morgan fingerprint density at radius 2 is 1.92 bits per heavy atom. The van der Waals surface area contributed by atoms with E-state index in [1.807, 2.05) is 13.8 Å². The maximum absolute atomic E-state index is 9.26. The van der Waals surface area contributed by atoms with Gasteiger partial charge in [-0.1, -0.05) is 0 Å². The van der Waals surface area contributed by atoms with Gasteiger partial charge in [-0.05, 0) is 26.7 Å². The Hall–Kier alpha value is -0.590. The van der Waals surface area contributed by atoms with Gasteiger partial charge in [0.25, 0.3) is 0 Å². The van der Waals surface area contributed by atoms with Crippen molar-refractivity contribution >= 4 is 0 Å². The van der Waals surface area contributed by atoms with E-state index in [-0.39, 0.29) is 11.6 Å². The highest BCUT2D eigenvalue weighted by Crippen LogP contribution is 2.19. The molecule has 0 unspecified atom stereocenters. The fourth-order valence-electron chi connectivity index (χ4n) is 1.50. The summed E-state index contributed by atoms with van der Waals surface area (Å²) in [5.74, 6) is 0. The van der Waals surface area contributed by atoms with Crippen molar-refractivity contribution in [1.82, 2.24) is 4.90 Å². The van der Waals surface area contributed by atoms with Gasteiger partial charge in [0.2, 0.25) is 0 Å². The van der Waals surface area contributed by atoms with Crippen LogP contribution in [0.3, 0.4) is 0 Å². The lowest BCUT2D eigenvalue weighted by atomic mass is 9.99. The molecule has 1 N–H and O–H groups in total. The van der Waals surface area contributed by atoms with Crippen LogP contribution in [0.15, 0.2) is 0 Å². The first-order chi connectivity index (χ1) is 5.56. The van der Waals surface area contributed by atoms with Crippen LogP contribution >= 0.6 is 0 Å². The standard InChI is InChI=1S/C9H16N2O/c1-9(2,7-10)11-5-3-8(12)4-6-11/h8,12H,3-6H2,1-2H3. The normalized spacial score (nSPS) is 22.2. The smallest absolute Gasteiger partial charge is 0.103 e.